The first-order chi connectivity index (χ1) is 18.0. The minimum absolute atomic E-state index is 0.0623. The van der Waals surface area contributed by atoms with Gasteiger partial charge >= 0.3 is 5.97 Å². The van der Waals surface area contributed by atoms with Crippen molar-refractivity contribution >= 4 is 28.8 Å². The molecule has 2 aliphatic rings. The number of thioether (sulfide) groups is 1. The second kappa shape index (κ2) is 11.8. The summed E-state index contributed by atoms with van der Waals surface area (Å²) in [5, 5.41) is 5.48. The van der Waals surface area contributed by atoms with Crippen molar-refractivity contribution in [1.82, 2.24) is 15.2 Å². The van der Waals surface area contributed by atoms with Crippen LogP contribution in [0.5, 0.6) is 11.5 Å². The van der Waals surface area contributed by atoms with Gasteiger partial charge in [0.2, 0.25) is 5.91 Å². The number of methoxy groups -OCH3 is 2. The summed E-state index contributed by atoms with van der Waals surface area (Å²) in [5.41, 5.74) is 3.21. The highest BCUT2D eigenvalue weighted by atomic mass is 32.2. The Morgan fingerprint density at radius 1 is 1.24 bits per heavy atom. The molecule has 0 bridgehead atoms. The second-order valence-electron chi connectivity index (χ2n) is 8.20. The lowest BCUT2D eigenvalue weighted by atomic mass is 9.93. The molecule has 9 nitrogen and oxygen atoms in total. The number of carbonyl (C=O) groups is 2. The predicted octanol–water partition coefficient (Wildman–Crippen LogP) is 4.11. The van der Waals surface area contributed by atoms with Gasteiger partial charge in [-0.3, -0.25) is 9.78 Å². The molecular weight excluding hydrogens is 492 g/mol. The number of fused-ring (bicyclic) bond motifs is 1. The number of amides is 1. The molecule has 2 aromatic rings. The molecule has 10 heteroatoms. The molecule has 0 spiro atoms. The van der Waals surface area contributed by atoms with Gasteiger partial charge in [0, 0.05) is 36.3 Å². The molecule has 192 valence electrons. The number of aromatic nitrogens is 1. The topological polar surface area (TPSA) is 102 Å². The first-order valence-electron chi connectivity index (χ1n) is 11.6. The number of amidine groups is 1. The van der Waals surface area contributed by atoms with Crippen molar-refractivity contribution in [2.45, 2.75) is 25.9 Å². The summed E-state index contributed by atoms with van der Waals surface area (Å²) in [6.07, 6.45) is 5.00. The maximum atomic E-state index is 13.2. The summed E-state index contributed by atoms with van der Waals surface area (Å²) < 4.78 is 16.5. The summed E-state index contributed by atoms with van der Waals surface area (Å²) in [4.78, 5) is 36.8. The van der Waals surface area contributed by atoms with E-state index in [2.05, 4.69) is 21.9 Å². The number of hydrogen-bond donors (Lipinski definition) is 1. The van der Waals surface area contributed by atoms with E-state index in [1.807, 2.05) is 28.5 Å². The van der Waals surface area contributed by atoms with Gasteiger partial charge < -0.3 is 24.4 Å². The quantitative estimate of drug-likeness (QED) is 0.369. The zero-order valence-electron chi connectivity index (χ0n) is 20.9. The lowest BCUT2D eigenvalue weighted by Gasteiger charge is -2.36. The number of nitrogens with one attached hydrogen (secondary N) is 1. The molecule has 0 unspecified atom stereocenters. The van der Waals surface area contributed by atoms with E-state index in [4.69, 9.17) is 14.2 Å². The maximum absolute atomic E-state index is 13.2. The van der Waals surface area contributed by atoms with E-state index in [0.29, 0.717) is 45.7 Å². The van der Waals surface area contributed by atoms with Crippen LogP contribution in [0.3, 0.4) is 0 Å². The van der Waals surface area contributed by atoms with E-state index in [1.165, 1.54) is 17.8 Å². The summed E-state index contributed by atoms with van der Waals surface area (Å²) >= 11 is 1.40. The molecule has 1 N–H and O–H groups in total. The molecule has 0 saturated heterocycles. The lowest BCUT2D eigenvalue weighted by molar-refractivity contribution is -0.138. The maximum Gasteiger partial charge on any atom is 0.338 e. The van der Waals surface area contributed by atoms with Crippen LogP contribution in [-0.4, -0.2) is 47.8 Å². The van der Waals surface area contributed by atoms with Crippen molar-refractivity contribution in [1.29, 1.82) is 0 Å². The Kier molecular flexibility index (Phi) is 8.29. The van der Waals surface area contributed by atoms with Gasteiger partial charge in [0.1, 0.15) is 18.1 Å². The van der Waals surface area contributed by atoms with Crippen LogP contribution in [0, 0.1) is 0 Å². The molecule has 2 aliphatic heterocycles. The zero-order chi connectivity index (χ0) is 26.4. The van der Waals surface area contributed by atoms with E-state index in [9.17, 15) is 9.59 Å². The number of carbonyl (C=O) groups excluding carboxylic acids is 2. The number of pyridine rings is 1. The molecule has 1 amide bonds. The average Bonchev–Trinajstić information content (AvgIpc) is 3.31. The van der Waals surface area contributed by atoms with E-state index >= 15 is 0 Å². The van der Waals surface area contributed by atoms with Crippen LogP contribution in [0.15, 0.2) is 82.7 Å². The number of nitrogens with zero attached hydrogens (tertiary/aromatic N) is 3. The number of esters is 1. The van der Waals surface area contributed by atoms with Gasteiger partial charge in [0.25, 0.3) is 0 Å². The normalized spacial score (nSPS) is 16.4. The van der Waals surface area contributed by atoms with E-state index in [1.54, 1.807) is 45.7 Å². The Morgan fingerprint density at radius 3 is 2.78 bits per heavy atom. The minimum Gasteiger partial charge on any atom is -0.497 e. The third-order valence-electron chi connectivity index (χ3n) is 5.84. The molecule has 4 rings (SSSR count). The number of benzene rings is 1. The van der Waals surface area contributed by atoms with Crippen molar-refractivity contribution in [3.63, 3.8) is 0 Å². The number of allylic oxidation sites excluding steroid dienone is 1. The van der Waals surface area contributed by atoms with Crippen molar-refractivity contribution in [3.05, 3.63) is 88.9 Å². The molecule has 1 aromatic carbocycles. The highest BCUT2D eigenvalue weighted by Gasteiger charge is 2.42. The van der Waals surface area contributed by atoms with Crippen LogP contribution in [-0.2, 0) is 20.9 Å². The number of rotatable bonds is 10. The minimum atomic E-state index is -0.627. The lowest BCUT2D eigenvalue weighted by Crippen LogP contribution is -2.38. The summed E-state index contributed by atoms with van der Waals surface area (Å²) in [5.74, 6) is 0.465. The fourth-order valence-corrected chi connectivity index (χ4v) is 5.08. The average molecular weight is 521 g/mol. The molecule has 37 heavy (non-hydrogen) atoms. The van der Waals surface area contributed by atoms with E-state index in [-0.39, 0.29) is 18.9 Å². The Bertz CT molecular complexity index is 1290. The summed E-state index contributed by atoms with van der Waals surface area (Å²) in [7, 11) is 3.13. The largest absolute Gasteiger partial charge is 0.497 e. The molecule has 1 atom stereocenters. The molecule has 1 aromatic heterocycles. The van der Waals surface area contributed by atoms with Crippen LogP contribution in [0.2, 0.25) is 0 Å². The Labute approximate surface area is 219 Å². The smallest absolute Gasteiger partial charge is 0.338 e. The molecule has 0 aliphatic carbocycles. The van der Waals surface area contributed by atoms with Crippen LogP contribution < -0.4 is 14.8 Å². The van der Waals surface area contributed by atoms with Crippen LogP contribution in [0.1, 0.15) is 30.5 Å². The first kappa shape index (κ1) is 26.0. The molecule has 0 radical (unpaired) electrons. The van der Waals surface area contributed by atoms with Crippen LogP contribution >= 0.6 is 11.8 Å². The first-order valence-corrected chi connectivity index (χ1v) is 12.4. The standard InChI is InChI=1S/C27H28N4O5S/c1-5-11-36-26(33)24-17(2)30-27-31(25(24)21-9-8-20(34-3)13-22(21)35-4)19(16-37-27)12-23(32)29-15-18-7-6-10-28-14-18/h5-10,13-14,16,25H,1,11-12,15H2,2-4H3,(H,29,32)/t25-/m0/s1. The second-order valence-corrected chi connectivity index (χ2v) is 9.04. The SMILES string of the molecule is C=CCOC(=O)C1=C(C)N=C2SC=C(CC(=O)NCc3cccnc3)N2[C@H]1c1ccc(OC)cc1OC. The molecule has 0 fully saturated rings. The fraction of sp³-hybridized carbons (Fsp3) is 0.259. The molecule has 3 heterocycles. The van der Waals surface area contributed by atoms with Crippen molar-refractivity contribution in [3.8, 4) is 11.5 Å². The number of hydrogen-bond acceptors (Lipinski definition) is 9. The Morgan fingerprint density at radius 2 is 2.08 bits per heavy atom. The van der Waals surface area contributed by atoms with Gasteiger partial charge in [-0.2, -0.15) is 0 Å². The Balaban J connectivity index is 1.68. The zero-order valence-corrected chi connectivity index (χ0v) is 21.7. The van der Waals surface area contributed by atoms with Gasteiger partial charge in [0.15, 0.2) is 5.17 Å². The summed E-state index contributed by atoms with van der Waals surface area (Å²) in [6, 6.07) is 8.51. The highest BCUT2D eigenvalue weighted by molar-refractivity contribution is 8.16. The number of ether oxygens (including phenoxy) is 3. The number of aliphatic imine (C=N–C) groups is 1. The van der Waals surface area contributed by atoms with Gasteiger partial charge in [-0.05, 0) is 36.1 Å². The van der Waals surface area contributed by atoms with E-state index in [0.717, 1.165) is 5.56 Å². The van der Waals surface area contributed by atoms with Crippen molar-refractivity contribution < 1.29 is 23.8 Å². The third-order valence-corrected chi connectivity index (χ3v) is 6.73. The van der Waals surface area contributed by atoms with Gasteiger partial charge in [-0.1, -0.05) is 30.5 Å². The van der Waals surface area contributed by atoms with Crippen LogP contribution in [0.4, 0.5) is 0 Å². The predicted molar refractivity (Wildman–Crippen MR) is 142 cm³/mol. The fourth-order valence-electron chi connectivity index (χ4n) is 4.11. The third kappa shape index (κ3) is 5.69. The van der Waals surface area contributed by atoms with E-state index < -0.39 is 12.0 Å². The van der Waals surface area contributed by atoms with Gasteiger partial charge in [0.05, 0.1) is 38.0 Å². The Hall–Kier alpha value is -4.05. The van der Waals surface area contributed by atoms with Crippen molar-refractivity contribution in [2.75, 3.05) is 20.8 Å². The molecular formula is C27H28N4O5S. The monoisotopic (exact) mass is 520 g/mol. The van der Waals surface area contributed by atoms with Gasteiger partial charge in [-0.15, -0.1) is 0 Å². The van der Waals surface area contributed by atoms with Crippen molar-refractivity contribution in [2.24, 2.45) is 4.99 Å². The highest BCUT2D eigenvalue weighted by Crippen LogP contribution is 2.47. The molecule has 0 saturated carbocycles. The van der Waals surface area contributed by atoms with Crippen LogP contribution in [0.25, 0.3) is 0 Å². The summed E-state index contributed by atoms with van der Waals surface area (Å²) in [6.45, 7) is 5.83. The van der Waals surface area contributed by atoms with Gasteiger partial charge in [-0.25, -0.2) is 9.79 Å².